The average Bonchev–Trinajstić information content (AvgIpc) is 2.33. The van der Waals surface area contributed by atoms with E-state index < -0.39 is 5.82 Å². The van der Waals surface area contributed by atoms with Crippen LogP contribution in [0.15, 0.2) is 36.5 Å². The number of hydrogen-bond donors (Lipinski definition) is 0. The average molecular weight is 233 g/mol. The lowest BCUT2D eigenvalue weighted by atomic mass is 10.1. The van der Waals surface area contributed by atoms with Crippen molar-refractivity contribution >= 4 is 5.78 Å². The molecule has 2 nitrogen and oxygen atoms in total. The first kappa shape index (κ1) is 11.4. The van der Waals surface area contributed by atoms with Gasteiger partial charge in [-0.15, -0.1) is 0 Å². The summed E-state index contributed by atoms with van der Waals surface area (Å²) in [5.74, 6) is -1.22. The molecule has 1 aromatic heterocycles. The van der Waals surface area contributed by atoms with Crippen LogP contribution >= 0.6 is 0 Å². The maximum atomic E-state index is 13.0. The zero-order chi connectivity index (χ0) is 12.4. The van der Waals surface area contributed by atoms with E-state index >= 15 is 0 Å². The van der Waals surface area contributed by atoms with Crippen molar-refractivity contribution in [3.8, 4) is 0 Å². The first-order valence-electron chi connectivity index (χ1n) is 5.00. The molecule has 1 aromatic carbocycles. The SMILES string of the molecule is Cc1cc(C(=O)c2ccc(F)cn2)ccc1F. The molecule has 0 saturated carbocycles. The Balaban J connectivity index is 2.37. The zero-order valence-electron chi connectivity index (χ0n) is 9.08. The van der Waals surface area contributed by atoms with Gasteiger partial charge in [-0.25, -0.2) is 13.8 Å². The molecular weight excluding hydrogens is 224 g/mol. The van der Waals surface area contributed by atoms with Gasteiger partial charge in [0.2, 0.25) is 5.78 Å². The van der Waals surface area contributed by atoms with Gasteiger partial charge in [-0.3, -0.25) is 4.79 Å². The van der Waals surface area contributed by atoms with Crippen LogP contribution in [0.1, 0.15) is 21.6 Å². The van der Waals surface area contributed by atoms with Crippen molar-refractivity contribution in [3.05, 3.63) is 65.0 Å². The van der Waals surface area contributed by atoms with Crippen LogP contribution in [0.4, 0.5) is 8.78 Å². The second-order valence-corrected chi connectivity index (χ2v) is 3.65. The third kappa shape index (κ3) is 2.36. The highest BCUT2D eigenvalue weighted by Crippen LogP contribution is 2.13. The van der Waals surface area contributed by atoms with Crippen LogP contribution in [0.2, 0.25) is 0 Å². The van der Waals surface area contributed by atoms with E-state index in [9.17, 15) is 13.6 Å². The maximum Gasteiger partial charge on any atom is 0.211 e. The highest BCUT2D eigenvalue weighted by molar-refractivity contribution is 6.07. The van der Waals surface area contributed by atoms with E-state index in [-0.39, 0.29) is 17.3 Å². The largest absolute Gasteiger partial charge is 0.287 e. The van der Waals surface area contributed by atoms with Gasteiger partial charge in [0.15, 0.2) is 0 Å². The first-order valence-corrected chi connectivity index (χ1v) is 5.00. The smallest absolute Gasteiger partial charge is 0.211 e. The number of rotatable bonds is 2. The van der Waals surface area contributed by atoms with Gasteiger partial charge in [0.05, 0.1) is 6.20 Å². The number of benzene rings is 1. The van der Waals surface area contributed by atoms with Gasteiger partial charge in [0.1, 0.15) is 17.3 Å². The van der Waals surface area contributed by atoms with Gasteiger partial charge in [0, 0.05) is 5.56 Å². The number of aryl methyl sites for hydroxylation is 1. The number of carbonyl (C=O) groups excluding carboxylic acids is 1. The Kier molecular flexibility index (Phi) is 2.95. The summed E-state index contributed by atoms with van der Waals surface area (Å²) in [5, 5.41) is 0. The summed E-state index contributed by atoms with van der Waals surface area (Å²) in [5.41, 5.74) is 0.860. The number of ketones is 1. The normalized spacial score (nSPS) is 10.3. The predicted octanol–water partition coefficient (Wildman–Crippen LogP) is 2.90. The Morgan fingerprint density at radius 1 is 1.18 bits per heavy atom. The molecule has 17 heavy (non-hydrogen) atoms. The van der Waals surface area contributed by atoms with Gasteiger partial charge in [0.25, 0.3) is 0 Å². The van der Waals surface area contributed by atoms with Crippen LogP contribution in [0.5, 0.6) is 0 Å². The second-order valence-electron chi connectivity index (χ2n) is 3.65. The molecule has 0 atom stereocenters. The van der Waals surface area contributed by atoms with Crippen molar-refractivity contribution < 1.29 is 13.6 Å². The molecule has 0 fully saturated rings. The van der Waals surface area contributed by atoms with Gasteiger partial charge in [-0.05, 0) is 42.8 Å². The van der Waals surface area contributed by atoms with E-state index in [1.807, 2.05) is 0 Å². The molecule has 0 aliphatic rings. The van der Waals surface area contributed by atoms with Gasteiger partial charge >= 0.3 is 0 Å². The Morgan fingerprint density at radius 3 is 2.53 bits per heavy atom. The third-order valence-corrected chi connectivity index (χ3v) is 2.38. The summed E-state index contributed by atoms with van der Waals surface area (Å²) >= 11 is 0. The van der Waals surface area contributed by atoms with E-state index in [1.165, 1.54) is 24.3 Å². The van der Waals surface area contributed by atoms with E-state index in [0.717, 1.165) is 12.3 Å². The minimum Gasteiger partial charge on any atom is -0.287 e. The minimum absolute atomic E-state index is 0.136. The fraction of sp³-hybridized carbons (Fsp3) is 0.0769. The number of carbonyl (C=O) groups is 1. The number of aromatic nitrogens is 1. The van der Waals surface area contributed by atoms with Gasteiger partial charge in [-0.1, -0.05) is 0 Å². The molecule has 4 heteroatoms. The monoisotopic (exact) mass is 233 g/mol. The van der Waals surface area contributed by atoms with E-state index in [0.29, 0.717) is 11.1 Å². The van der Waals surface area contributed by atoms with Crippen LogP contribution in [-0.4, -0.2) is 10.8 Å². The highest BCUT2D eigenvalue weighted by atomic mass is 19.1. The van der Waals surface area contributed by atoms with Crippen LogP contribution in [-0.2, 0) is 0 Å². The van der Waals surface area contributed by atoms with Crippen LogP contribution < -0.4 is 0 Å². The molecule has 0 spiro atoms. The minimum atomic E-state index is -0.503. The van der Waals surface area contributed by atoms with Crippen molar-refractivity contribution in [3.63, 3.8) is 0 Å². The Hall–Kier alpha value is -2.10. The second kappa shape index (κ2) is 4.41. The molecule has 2 rings (SSSR count). The molecule has 1 heterocycles. The lowest BCUT2D eigenvalue weighted by Crippen LogP contribution is -2.04. The van der Waals surface area contributed by atoms with Gasteiger partial charge in [-0.2, -0.15) is 0 Å². The Bertz CT molecular complexity index is 564. The predicted molar refractivity (Wildman–Crippen MR) is 58.8 cm³/mol. The number of halogens is 2. The van der Waals surface area contributed by atoms with Gasteiger partial charge < -0.3 is 0 Å². The van der Waals surface area contributed by atoms with Crippen molar-refractivity contribution in [2.75, 3.05) is 0 Å². The molecule has 0 N–H and O–H groups in total. The summed E-state index contributed by atoms with van der Waals surface area (Å²) in [4.78, 5) is 15.6. The van der Waals surface area contributed by atoms with Crippen molar-refractivity contribution in [2.45, 2.75) is 6.92 Å². The fourth-order valence-electron chi connectivity index (χ4n) is 1.44. The Morgan fingerprint density at radius 2 is 1.94 bits per heavy atom. The molecule has 0 bridgehead atoms. The van der Waals surface area contributed by atoms with E-state index in [4.69, 9.17) is 0 Å². The van der Waals surface area contributed by atoms with Crippen LogP contribution in [0.3, 0.4) is 0 Å². The quantitative estimate of drug-likeness (QED) is 0.746. The molecule has 86 valence electrons. The summed E-state index contributed by atoms with van der Waals surface area (Å²) < 4.78 is 25.7. The van der Waals surface area contributed by atoms with Crippen LogP contribution in [0.25, 0.3) is 0 Å². The number of pyridine rings is 1. The zero-order valence-corrected chi connectivity index (χ0v) is 9.08. The van der Waals surface area contributed by atoms with Crippen molar-refractivity contribution in [1.82, 2.24) is 4.98 Å². The molecular formula is C13H9F2NO. The molecule has 0 radical (unpaired) electrons. The summed E-state index contributed by atoms with van der Waals surface area (Å²) in [6.07, 6.45) is 0.976. The highest BCUT2D eigenvalue weighted by Gasteiger charge is 2.11. The topological polar surface area (TPSA) is 30.0 Å². The number of nitrogens with zero attached hydrogens (tertiary/aromatic N) is 1. The standard InChI is InChI=1S/C13H9F2NO/c1-8-6-9(2-4-11(8)15)13(17)12-5-3-10(14)7-16-12/h2-7H,1H3. The Labute approximate surface area is 96.9 Å². The van der Waals surface area contributed by atoms with Crippen LogP contribution in [0, 0.1) is 18.6 Å². The maximum absolute atomic E-state index is 13.0. The molecule has 0 aliphatic heterocycles. The first-order chi connectivity index (χ1) is 8.08. The molecule has 0 aliphatic carbocycles. The van der Waals surface area contributed by atoms with Crippen molar-refractivity contribution in [2.24, 2.45) is 0 Å². The number of hydrogen-bond acceptors (Lipinski definition) is 2. The lowest BCUT2D eigenvalue weighted by molar-refractivity contribution is 0.103. The summed E-state index contributed by atoms with van der Waals surface area (Å²) in [6.45, 7) is 1.57. The van der Waals surface area contributed by atoms with Crippen molar-refractivity contribution in [1.29, 1.82) is 0 Å². The molecule has 0 saturated heterocycles. The molecule has 0 unspecified atom stereocenters. The lowest BCUT2D eigenvalue weighted by Gasteiger charge is -2.02. The fourth-order valence-corrected chi connectivity index (χ4v) is 1.44. The molecule has 0 amide bonds. The molecule has 2 aromatic rings. The summed E-state index contributed by atoms with van der Waals surface area (Å²) in [6, 6.07) is 6.53. The van der Waals surface area contributed by atoms with E-state index in [2.05, 4.69) is 4.98 Å². The van der Waals surface area contributed by atoms with E-state index in [1.54, 1.807) is 6.92 Å². The third-order valence-electron chi connectivity index (χ3n) is 2.38. The summed E-state index contributed by atoms with van der Waals surface area (Å²) in [7, 11) is 0.